The highest BCUT2D eigenvalue weighted by molar-refractivity contribution is 9.10. The Morgan fingerprint density at radius 3 is 2.81 bits per heavy atom. The number of Topliss-reactive ketones (excluding diaryl/α,β-unsaturated/α-hetero) is 1. The van der Waals surface area contributed by atoms with Gasteiger partial charge in [-0.2, -0.15) is 0 Å². The van der Waals surface area contributed by atoms with Crippen LogP contribution in [-0.2, 0) is 6.42 Å². The first-order valence-corrected chi connectivity index (χ1v) is 7.30. The molecule has 0 amide bonds. The van der Waals surface area contributed by atoms with Gasteiger partial charge >= 0.3 is 0 Å². The van der Waals surface area contributed by atoms with E-state index in [1.165, 1.54) is 6.07 Å². The van der Waals surface area contributed by atoms with E-state index in [0.29, 0.717) is 40.3 Å². The number of carbonyl (C=O) groups excluding carboxylic acids is 1. The van der Waals surface area contributed by atoms with Crippen molar-refractivity contribution in [2.45, 2.75) is 6.42 Å². The van der Waals surface area contributed by atoms with Gasteiger partial charge in [0, 0.05) is 10.9 Å². The Bertz CT molecular complexity index is 700. The first-order valence-electron chi connectivity index (χ1n) is 6.51. The monoisotopic (exact) mass is 350 g/mol. The summed E-state index contributed by atoms with van der Waals surface area (Å²) in [5.74, 6) is 0.410. The zero-order chi connectivity index (χ0) is 14.8. The van der Waals surface area contributed by atoms with Gasteiger partial charge in [0.1, 0.15) is 19.0 Å². The summed E-state index contributed by atoms with van der Waals surface area (Å²) in [7, 11) is 0. The van der Waals surface area contributed by atoms with Crippen molar-refractivity contribution in [3.8, 4) is 11.5 Å². The van der Waals surface area contributed by atoms with Crippen molar-refractivity contribution in [1.29, 1.82) is 0 Å². The minimum Gasteiger partial charge on any atom is -0.486 e. The molecule has 0 N–H and O–H groups in total. The number of ether oxygens (including phenoxy) is 2. The van der Waals surface area contributed by atoms with Crippen molar-refractivity contribution < 1.29 is 18.7 Å². The largest absolute Gasteiger partial charge is 0.486 e. The molecule has 5 heteroatoms. The van der Waals surface area contributed by atoms with Gasteiger partial charge in [-0.25, -0.2) is 4.39 Å². The number of hydrogen-bond acceptors (Lipinski definition) is 3. The molecule has 0 bridgehead atoms. The minimum atomic E-state index is -0.403. The highest BCUT2D eigenvalue weighted by atomic mass is 79.9. The Morgan fingerprint density at radius 1 is 1.19 bits per heavy atom. The van der Waals surface area contributed by atoms with E-state index in [-0.39, 0.29) is 12.2 Å². The molecule has 2 aromatic rings. The van der Waals surface area contributed by atoms with Crippen molar-refractivity contribution in [3.05, 3.63) is 57.8 Å². The van der Waals surface area contributed by atoms with Crippen LogP contribution in [0.25, 0.3) is 0 Å². The molecule has 0 atom stereocenters. The van der Waals surface area contributed by atoms with Crippen LogP contribution in [0.1, 0.15) is 15.9 Å². The molecule has 0 radical (unpaired) electrons. The van der Waals surface area contributed by atoms with Crippen molar-refractivity contribution in [1.82, 2.24) is 0 Å². The zero-order valence-corrected chi connectivity index (χ0v) is 12.7. The number of benzene rings is 2. The highest BCUT2D eigenvalue weighted by Crippen LogP contribution is 2.34. The van der Waals surface area contributed by atoms with Gasteiger partial charge in [0.2, 0.25) is 0 Å². The first kappa shape index (κ1) is 14.1. The van der Waals surface area contributed by atoms with Gasteiger partial charge in [0.15, 0.2) is 17.3 Å². The number of rotatable bonds is 3. The lowest BCUT2D eigenvalue weighted by atomic mass is 10.0. The van der Waals surface area contributed by atoms with Gasteiger partial charge < -0.3 is 9.47 Å². The van der Waals surface area contributed by atoms with E-state index < -0.39 is 5.82 Å². The molecule has 0 aliphatic carbocycles. The van der Waals surface area contributed by atoms with Crippen LogP contribution in [0.4, 0.5) is 4.39 Å². The van der Waals surface area contributed by atoms with E-state index in [9.17, 15) is 9.18 Å². The lowest BCUT2D eigenvalue weighted by Gasteiger charge is -2.20. The third kappa shape index (κ3) is 2.93. The molecule has 3 nitrogen and oxygen atoms in total. The highest BCUT2D eigenvalue weighted by Gasteiger charge is 2.21. The molecule has 0 fully saturated rings. The second kappa shape index (κ2) is 5.85. The number of hydrogen-bond donors (Lipinski definition) is 0. The quantitative estimate of drug-likeness (QED) is 0.790. The Morgan fingerprint density at radius 2 is 2.00 bits per heavy atom. The zero-order valence-electron chi connectivity index (χ0n) is 11.1. The molecule has 0 aromatic heterocycles. The van der Waals surface area contributed by atoms with Crippen LogP contribution in [-0.4, -0.2) is 19.0 Å². The number of para-hydroxylation sites is 1. The van der Waals surface area contributed by atoms with E-state index in [2.05, 4.69) is 15.9 Å². The van der Waals surface area contributed by atoms with Gasteiger partial charge in [-0.15, -0.1) is 0 Å². The third-order valence-corrected chi connectivity index (χ3v) is 3.73. The third-order valence-electron chi connectivity index (χ3n) is 3.23. The van der Waals surface area contributed by atoms with Crippen LogP contribution in [0.5, 0.6) is 11.5 Å². The molecule has 108 valence electrons. The number of carbonyl (C=O) groups is 1. The van der Waals surface area contributed by atoms with Crippen LogP contribution in [0.15, 0.2) is 40.9 Å². The normalized spacial score (nSPS) is 13.0. The summed E-state index contributed by atoms with van der Waals surface area (Å²) < 4.78 is 25.4. The summed E-state index contributed by atoms with van der Waals surface area (Å²) in [4.78, 5) is 12.4. The standard InChI is InChI=1S/C16H12BrFO3/c17-11-5-4-10(13(18)9-11)8-14(19)12-2-1-3-15-16(12)21-7-6-20-15/h1-5,9H,6-8H2. The summed E-state index contributed by atoms with van der Waals surface area (Å²) in [5, 5.41) is 0. The average Bonchev–Trinajstić information content (AvgIpc) is 2.49. The fourth-order valence-corrected chi connectivity index (χ4v) is 2.56. The molecule has 0 saturated carbocycles. The number of fused-ring (bicyclic) bond motifs is 1. The second-order valence-corrected chi connectivity index (χ2v) is 5.58. The van der Waals surface area contributed by atoms with E-state index in [1.54, 1.807) is 30.3 Å². The average molecular weight is 351 g/mol. The summed E-state index contributed by atoms with van der Waals surface area (Å²) in [6.45, 7) is 0.871. The Kier molecular flexibility index (Phi) is 3.92. The lowest BCUT2D eigenvalue weighted by molar-refractivity contribution is 0.0980. The Balaban J connectivity index is 1.89. The van der Waals surface area contributed by atoms with Gasteiger partial charge in [0.25, 0.3) is 0 Å². The summed E-state index contributed by atoms with van der Waals surface area (Å²) in [5.41, 5.74) is 0.784. The van der Waals surface area contributed by atoms with E-state index in [0.717, 1.165) is 0 Å². The minimum absolute atomic E-state index is 0.0150. The smallest absolute Gasteiger partial charge is 0.172 e. The molecule has 2 aromatic carbocycles. The van der Waals surface area contributed by atoms with Crippen LogP contribution < -0.4 is 9.47 Å². The fraction of sp³-hybridized carbons (Fsp3) is 0.188. The molecule has 1 aliphatic heterocycles. The molecule has 0 saturated heterocycles. The Hall–Kier alpha value is -1.88. The number of halogens is 2. The SMILES string of the molecule is O=C(Cc1ccc(Br)cc1F)c1cccc2c1OCCO2. The first-order chi connectivity index (χ1) is 10.1. The van der Waals surface area contributed by atoms with Crippen molar-refractivity contribution >= 4 is 21.7 Å². The van der Waals surface area contributed by atoms with Crippen LogP contribution in [0, 0.1) is 5.82 Å². The molecular weight excluding hydrogens is 339 g/mol. The molecular formula is C16H12BrFO3. The summed E-state index contributed by atoms with van der Waals surface area (Å²) in [6, 6.07) is 9.83. The predicted octanol–water partition coefficient (Wildman–Crippen LogP) is 3.78. The lowest BCUT2D eigenvalue weighted by Crippen LogP contribution is -2.18. The second-order valence-electron chi connectivity index (χ2n) is 4.67. The molecule has 1 aliphatic rings. The van der Waals surface area contributed by atoms with Gasteiger partial charge in [0.05, 0.1) is 5.56 Å². The molecule has 21 heavy (non-hydrogen) atoms. The van der Waals surface area contributed by atoms with Crippen molar-refractivity contribution in [3.63, 3.8) is 0 Å². The van der Waals surface area contributed by atoms with Crippen LogP contribution in [0.3, 0.4) is 0 Å². The van der Waals surface area contributed by atoms with Crippen molar-refractivity contribution in [2.24, 2.45) is 0 Å². The van der Waals surface area contributed by atoms with Gasteiger partial charge in [-0.3, -0.25) is 4.79 Å². The Labute approximate surface area is 129 Å². The summed E-state index contributed by atoms with van der Waals surface area (Å²) >= 11 is 3.20. The van der Waals surface area contributed by atoms with Crippen molar-refractivity contribution in [2.75, 3.05) is 13.2 Å². The van der Waals surface area contributed by atoms with Crippen LogP contribution in [0.2, 0.25) is 0 Å². The fourth-order valence-electron chi connectivity index (χ4n) is 2.23. The molecule has 3 rings (SSSR count). The topological polar surface area (TPSA) is 35.5 Å². The van der Waals surface area contributed by atoms with Gasteiger partial charge in [-0.05, 0) is 29.8 Å². The maximum absolute atomic E-state index is 13.8. The van der Waals surface area contributed by atoms with E-state index >= 15 is 0 Å². The molecule has 0 spiro atoms. The summed E-state index contributed by atoms with van der Waals surface area (Å²) in [6.07, 6.45) is -0.0150. The van der Waals surface area contributed by atoms with E-state index in [1.807, 2.05) is 0 Å². The molecule has 1 heterocycles. The molecule has 0 unspecified atom stereocenters. The van der Waals surface area contributed by atoms with E-state index in [4.69, 9.17) is 9.47 Å². The maximum Gasteiger partial charge on any atom is 0.172 e. The number of ketones is 1. The van der Waals surface area contributed by atoms with Gasteiger partial charge in [-0.1, -0.05) is 28.1 Å². The maximum atomic E-state index is 13.8. The van der Waals surface area contributed by atoms with Crippen LogP contribution >= 0.6 is 15.9 Å². The predicted molar refractivity (Wildman–Crippen MR) is 79.6 cm³/mol.